The summed E-state index contributed by atoms with van der Waals surface area (Å²) in [6.45, 7) is 18.3. The molecule has 2 aromatic rings. The molecule has 5 aliphatic rings. The van der Waals surface area contributed by atoms with Crippen molar-refractivity contribution in [1.82, 2.24) is 30.2 Å². The highest BCUT2D eigenvalue weighted by Crippen LogP contribution is 2.39. The minimum atomic E-state index is -2.44. The van der Waals surface area contributed by atoms with Gasteiger partial charge in [0.25, 0.3) is 11.7 Å². The number of alkyl carbamates (subject to hydrolysis) is 1. The van der Waals surface area contributed by atoms with Gasteiger partial charge in [-0.1, -0.05) is 71.1 Å². The number of Topliss-reactive ketones (excluding diaryl/α,β-unsaturated/α-hetero) is 2. The highest BCUT2D eigenvalue weighted by molar-refractivity contribution is 6.39. The Morgan fingerprint density at radius 3 is 2.04 bits per heavy atom. The van der Waals surface area contributed by atoms with Gasteiger partial charge in [-0.05, 0) is 119 Å². The zero-order valence-electron chi connectivity index (χ0n) is 54.6. The van der Waals surface area contributed by atoms with E-state index in [9.17, 15) is 34.2 Å². The Kier molecular flexibility index (Phi) is 26.4. The van der Waals surface area contributed by atoms with Crippen molar-refractivity contribution in [2.45, 2.75) is 200 Å². The van der Waals surface area contributed by atoms with E-state index in [0.29, 0.717) is 100 Å². The van der Waals surface area contributed by atoms with Crippen LogP contribution in [-0.4, -0.2) is 186 Å². The maximum atomic E-state index is 14.9. The van der Waals surface area contributed by atoms with E-state index in [4.69, 9.17) is 33.2 Å². The Morgan fingerprint density at radius 1 is 0.742 bits per heavy atom. The molecule has 22 heteroatoms. The Hall–Kier alpha value is -6.01. The van der Waals surface area contributed by atoms with Gasteiger partial charge >= 0.3 is 12.1 Å². The molecular weight excluding hydrogens is 1140 g/mol. The number of aromatic nitrogens is 4. The van der Waals surface area contributed by atoms with Gasteiger partial charge in [-0.25, -0.2) is 29.5 Å². The zero-order chi connectivity index (χ0) is 64.5. The largest absolute Gasteiger partial charge is 0.460 e. The van der Waals surface area contributed by atoms with Crippen LogP contribution < -0.4 is 15.1 Å². The number of rotatable bonds is 12. The quantitative estimate of drug-likeness (QED) is 0.104. The Labute approximate surface area is 526 Å². The molecular formula is C67H100N8O14. The van der Waals surface area contributed by atoms with Crippen molar-refractivity contribution in [3.63, 3.8) is 0 Å². The van der Waals surface area contributed by atoms with Crippen LogP contribution in [0.3, 0.4) is 0 Å². The summed E-state index contributed by atoms with van der Waals surface area (Å²) in [6.07, 6.45) is 17.9. The van der Waals surface area contributed by atoms with Crippen LogP contribution in [0.1, 0.15) is 137 Å². The Bertz CT molecular complexity index is 2770. The fourth-order valence-corrected chi connectivity index (χ4v) is 13.3. The minimum absolute atomic E-state index is 0.0203. The van der Waals surface area contributed by atoms with Crippen molar-refractivity contribution in [1.29, 1.82) is 0 Å². The van der Waals surface area contributed by atoms with Gasteiger partial charge in [0.05, 0.1) is 24.4 Å². The predicted molar refractivity (Wildman–Crippen MR) is 335 cm³/mol. The SMILES string of the molecule is CO[C@H]1C[C@@H]2CC[C@@H](C)[C@@](O)(O2)C(=O)C(=O)N2CCCC[C@H]2C(=O)O[C@H]([C@H](C)C[C@@H]2CC[C@@H](OC(=O)NCc3cnc(N4CCN(c5ncc(C)cn5)CC4)nc3)[C@H](OC)C2)C[C@@H](OC)[C@H](C)/C=C(\C)[C@@H](O)[C@@H](OC)C(=O)[C@H](C)C[C@H](C)/C=C/C=C/C=C/1C. The van der Waals surface area contributed by atoms with Gasteiger partial charge in [0.1, 0.15) is 30.5 Å². The molecule has 4 fully saturated rings. The van der Waals surface area contributed by atoms with Gasteiger partial charge in [-0.3, -0.25) is 14.4 Å². The summed E-state index contributed by atoms with van der Waals surface area (Å²) in [5.74, 6) is -5.90. The fraction of sp³-hybridized carbons (Fsp3) is 0.687. The summed E-state index contributed by atoms with van der Waals surface area (Å²) in [5, 5.41) is 26.8. The highest BCUT2D eigenvalue weighted by Gasteiger charge is 2.53. The number of aryl methyl sites for hydroxylation is 1. The average molecular weight is 1240 g/mol. The predicted octanol–water partition coefficient (Wildman–Crippen LogP) is 7.78. The van der Waals surface area contributed by atoms with Gasteiger partial charge in [0.2, 0.25) is 17.7 Å². The molecule has 3 saturated heterocycles. The van der Waals surface area contributed by atoms with E-state index in [0.717, 1.165) is 24.2 Å². The molecule has 2 aromatic heterocycles. The molecule has 4 aliphatic heterocycles. The molecule has 0 spiro atoms. The molecule has 7 rings (SSSR count). The van der Waals surface area contributed by atoms with Crippen LogP contribution >= 0.6 is 0 Å². The van der Waals surface area contributed by atoms with E-state index < -0.39 is 96.2 Å². The molecule has 2 bridgehead atoms. The van der Waals surface area contributed by atoms with Crippen molar-refractivity contribution >= 4 is 41.4 Å². The van der Waals surface area contributed by atoms with Gasteiger partial charge in [0, 0.05) is 129 Å². The number of amides is 2. The minimum Gasteiger partial charge on any atom is -0.460 e. The number of ketones is 2. The van der Waals surface area contributed by atoms with Crippen LogP contribution in [0, 0.1) is 42.4 Å². The van der Waals surface area contributed by atoms with E-state index >= 15 is 0 Å². The first-order chi connectivity index (χ1) is 42.6. The molecule has 6 heterocycles. The second-order valence-corrected chi connectivity index (χ2v) is 25.7. The number of hydrogen-bond donors (Lipinski definition) is 3. The number of fused-ring (bicyclic) bond motifs is 3. The number of methoxy groups -OCH3 is 4. The topological polar surface area (TPSA) is 264 Å². The molecule has 89 heavy (non-hydrogen) atoms. The van der Waals surface area contributed by atoms with Gasteiger partial charge < -0.3 is 63.4 Å². The lowest BCUT2D eigenvalue weighted by Crippen LogP contribution is -2.61. The Balaban J connectivity index is 1.05. The standard InChI is InChI=1S/C67H100N8O14/c1-41-18-14-13-15-19-43(3)54(83-9)34-51-23-21-48(8)67(82,89-51)61(78)62(79)75-25-17-16-20-52(75)63(80)87-56(35-55(84-10)44(4)31-47(7)59(77)60(86-12)58(76)46(6)30-41)45(5)32-49-22-24-53(57(33-49)85-11)88-66(81)72-40-50-38-70-65(71-39-50)74-28-26-73(27-29-74)64-68-36-42(2)37-69-64/h13-15,18-19,31,36-39,41,44-46,48-49,51-57,59-60,77,82H,16-17,20-30,32-35,40H2,1-12H3,(H,72,81)/b15-13+,18-14+,43-19+,47-31+/t41-,44-,45-,46-,48-,49+,51+,52+,53-,54+,55-,56+,57-,59-,60+,67-/m1/s1. The zero-order valence-corrected chi connectivity index (χ0v) is 54.6. The van der Waals surface area contributed by atoms with Crippen molar-refractivity contribution in [2.24, 2.45) is 35.5 Å². The molecule has 0 aromatic carbocycles. The van der Waals surface area contributed by atoms with E-state index in [2.05, 4.69) is 35.1 Å². The van der Waals surface area contributed by atoms with E-state index in [-0.39, 0.29) is 55.4 Å². The lowest BCUT2D eigenvalue weighted by Gasteiger charge is -2.43. The number of nitrogens with zero attached hydrogens (tertiary/aromatic N) is 7. The van der Waals surface area contributed by atoms with Crippen LogP contribution in [0.5, 0.6) is 0 Å². The third-order valence-electron chi connectivity index (χ3n) is 18.9. The summed E-state index contributed by atoms with van der Waals surface area (Å²) in [7, 11) is 6.18. The normalized spacial score (nSPS) is 34.4. The van der Waals surface area contributed by atoms with E-state index in [1.54, 1.807) is 47.6 Å². The number of carbonyl (C=O) groups excluding carboxylic acids is 5. The molecule has 0 unspecified atom stereocenters. The molecule has 1 saturated carbocycles. The highest BCUT2D eigenvalue weighted by atomic mass is 16.6. The van der Waals surface area contributed by atoms with Crippen LogP contribution in [0.25, 0.3) is 0 Å². The number of aliphatic hydroxyl groups is 2. The number of ether oxygens (including phenoxy) is 7. The maximum absolute atomic E-state index is 14.9. The maximum Gasteiger partial charge on any atom is 0.407 e. The molecule has 22 nitrogen and oxygen atoms in total. The van der Waals surface area contributed by atoms with Gasteiger partial charge in [0.15, 0.2) is 5.78 Å². The van der Waals surface area contributed by atoms with Gasteiger partial charge in [-0.15, -0.1) is 0 Å². The lowest BCUT2D eigenvalue weighted by molar-refractivity contribution is -0.265. The molecule has 16 atom stereocenters. The summed E-state index contributed by atoms with van der Waals surface area (Å²) < 4.78 is 42.6. The first-order valence-corrected chi connectivity index (χ1v) is 32.1. The second-order valence-electron chi connectivity index (χ2n) is 25.7. The number of hydrogen-bond acceptors (Lipinski definition) is 20. The molecule has 0 radical (unpaired) electrons. The number of piperazine rings is 1. The summed E-state index contributed by atoms with van der Waals surface area (Å²) in [6, 6.07) is -1.13. The van der Waals surface area contributed by atoms with Crippen LogP contribution in [-0.2, 0) is 58.9 Å². The van der Waals surface area contributed by atoms with Crippen molar-refractivity contribution in [3.05, 3.63) is 83.5 Å². The summed E-state index contributed by atoms with van der Waals surface area (Å²) in [4.78, 5) is 94.8. The number of esters is 1. The van der Waals surface area contributed by atoms with Gasteiger partial charge in [-0.2, -0.15) is 0 Å². The summed E-state index contributed by atoms with van der Waals surface area (Å²) >= 11 is 0. The van der Waals surface area contributed by atoms with Crippen LogP contribution in [0.2, 0.25) is 0 Å². The second kappa shape index (κ2) is 33.3. The first kappa shape index (κ1) is 70.4. The number of aliphatic hydroxyl groups excluding tert-OH is 1. The molecule has 2 amide bonds. The first-order valence-electron chi connectivity index (χ1n) is 32.1. The lowest BCUT2D eigenvalue weighted by atomic mass is 9.78. The van der Waals surface area contributed by atoms with Crippen molar-refractivity contribution < 1.29 is 67.3 Å². The monoisotopic (exact) mass is 1240 g/mol. The van der Waals surface area contributed by atoms with E-state index in [1.807, 2.05) is 90.4 Å². The molecule has 1 aliphatic carbocycles. The van der Waals surface area contributed by atoms with Crippen LogP contribution in [0.4, 0.5) is 16.7 Å². The number of carbonyl (C=O) groups is 5. The number of nitrogens with one attached hydrogen (secondary N) is 1. The number of anilines is 2. The number of allylic oxidation sites excluding steroid dienone is 5. The molecule has 3 N–H and O–H groups in total. The smallest absolute Gasteiger partial charge is 0.407 e. The Morgan fingerprint density at radius 2 is 1.40 bits per heavy atom. The van der Waals surface area contributed by atoms with Crippen LogP contribution in [0.15, 0.2) is 72.4 Å². The number of cyclic esters (lactones) is 1. The van der Waals surface area contributed by atoms with Crippen molar-refractivity contribution in [2.75, 3.05) is 71.0 Å². The average Bonchev–Trinajstić information content (AvgIpc) is 3.13. The number of piperidine rings is 1. The van der Waals surface area contributed by atoms with E-state index in [1.165, 1.54) is 12.0 Å². The third-order valence-corrected chi connectivity index (χ3v) is 18.9. The fourth-order valence-electron chi connectivity index (χ4n) is 13.3. The van der Waals surface area contributed by atoms with Crippen molar-refractivity contribution in [3.8, 4) is 0 Å². The molecule has 492 valence electrons. The third kappa shape index (κ3) is 18.8. The summed E-state index contributed by atoms with van der Waals surface area (Å²) in [5.41, 5.74) is 3.11.